The quantitative estimate of drug-likeness (QED) is 0.845. The number of Topliss-reactive ketones (excluding diaryl/α,β-unsaturated/α-hetero) is 1. The lowest BCUT2D eigenvalue weighted by Gasteiger charge is -2.27. The molecule has 1 aliphatic heterocycles. The van der Waals surface area contributed by atoms with E-state index >= 15 is 0 Å². The van der Waals surface area contributed by atoms with Gasteiger partial charge in [-0.2, -0.15) is 5.10 Å². The largest absolute Gasteiger partial charge is 0.488 e. The van der Waals surface area contributed by atoms with E-state index in [0.29, 0.717) is 11.8 Å². The minimum absolute atomic E-state index is 0.0584. The number of hydrogen-bond donors (Lipinski definition) is 2. The molecular formula is C18H22FN3O2. The Labute approximate surface area is 140 Å². The molecule has 0 radical (unpaired) electrons. The highest BCUT2D eigenvalue weighted by atomic mass is 19.1. The van der Waals surface area contributed by atoms with Crippen LogP contribution in [0.3, 0.4) is 0 Å². The lowest BCUT2D eigenvalue weighted by Crippen LogP contribution is -2.50. The van der Waals surface area contributed by atoms with E-state index in [9.17, 15) is 9.18 Å². The molecule has 6 heteroatoms. The summed E-state index contributed by atoms with van der Waals surface area (Å²) in [5, 5.41) is 9.37. The second-order valence-electron chi connectivity index (χ2n) is 6.34. The summed E-state index contributed by atoms with van der Waals surface area (Å²) in [6.45, 7) is 5.35. The van der Waals surface area contributed by atoms with E-state index in [1.165, 1.54) is 12.5 Å². The van der Waals surface area contributed by atoms with Crippen LogP contribution >= 0.6 is 0 Å². The van der Waals surface area contributed by atoms with Crippen molar-refractivity contribution in [2.45, 2.75) is 38.7 Å². The predicted octanol–water partition coefficient (Wildman–Crippen LogP) is 2.97. The van der Waals surface area contributed by atoms with Crippen LogP contribution < -0.4 is 10.1 Å². The van der Waals surface area contributed by atoms with Crippen molar-refractivity contribution in [3.63, 3.8) is 0 Å². The van der Waals surface area contributed by atoms with E-state index in [1.807, 2.05) is 12.1 Å². The lowest BCUT2D eigenvalue weighted by molar-refractivity contribution is 0.100. The number of ether oxygens (including phenoxy) is 1. The number of benzene rings is 1. The third-order valence-corrected chi connectivity index (χ3v) is 4.12. The van der Waals surface area contributed by atoms with Crippen molar-refractivity contribution in [3.05, 3.63) is 47.0 Å². The number of aryl methyl sites for hydroxylation is 1. The van der Waals surface area contributed by atoms with Crippen molar-refractivity contribution in [2.24, 2.45) is 0 Å². The van der Waals surface area contributed by atoms with Gasteiger partial charge in [-0.3, -0.25) is 9.89 Å². The first-order valence-corrected chi connectivity index (χ1v) is 8.23. The fourth-order valence-electron chi connectivity index (χ4n) is 2.37. The van der Waals surface area contributed by atoms with Gasteiger partial charge in [-0.25, -0.2) is 4.39 Å². The Kier molecular flexibility index (Phi) is 4.94. The molecule has 5 nitrogen and oxygen atoms in total. The second kappa shape index (κ2) is 7.13. The average molecular weight is 331 g/mol. The number of aromatic amines is 1. The van der Waals surface area contributed by atoms with E-state index in [-0.39, 0.29) is 17.4 Å². The van der Waals surface area contributed by atoms with E-state index in [0.717, 1.165) is 31.7 Å². The van der Waals surface area contributed by atoms with Crippen LogP contribution in [0.2, 0.25) is 0 Å². The normalized spacial score (nSPS) is 16.8. The number of ketones is 1. The van der Waals surface area contributed by atoms with E-state index in [2.05, 4.69) is 34.6 Å². The van der Waals surface area contributed by atoms with Crippen LogP contribution in [0.5, 0.6) is 5.75 Å². The fourth-order valence-corrected chi connectivity index (χ4v) is 2.37. The van der Waals surface area contributed by atoms with Crippen LogP contribution in [0, 0.1) is 12.7 Å². The van der Waals surface area contributed by atoms with Crippen molar-refractivity contribution in [1.29, 1.82) is 0 Å². The van der Waals surface area contributed by atoms with E-state index < -0.39 is 5.82 Å². The molecular weight excluding hydrogens is 309 g/mol. The maximum atomic E-state index is 13.3. The van der Waals surface area contributed by atoms with Gasteiger partial charge < -0.3 is 10.1 Å². The van der Waals surface area contributed by atoms with Crippen molar-refractivity contribution in [2.75, 3.05) is 13.1 Å². The highest BCUT2D eigenvalue weighted by Gasteiger charge is 2.30. The van der Waals surface area contributed by atoms with E-state index in [4.69, 9.17) is 4.74 Å². The Hall–Kier alpha value is -2.21. The van der Waals surface area contributed by atoms with Crippen LogP contribution in [0.1, 0.15) is 47.4 Å². The van der Waals surface area contributed by atoms with Crippen molar-refractivity contribution in [1.82, 2.24) is 15.5 Å². The second-order valence-corrected chi connectivity index (χ2v) is 6.34. The molecule has 2 aliphatic rings. The average Bonchev–Trinajstić information content (AvgIpc) is 3.28. The molecule has 2 aromatic rings. The summed E-state index contributed by atoms with van der Waals surface area (Å²) in [5.41, 5.74) is 1.71. The molecule has 2 N–H and O–H groups in total. The first kappa shape index (κ1) is 16.6. The molecule has 1 aliphatic carbocycles. The molecule has 4 rings (SSSR count). The Morgan fingerprint density at radius 1 is 1.25 bits per heavy atom. The van der Waals surface area contributed by atoms with Gasteiger partial charge in [-0.05, 0) is 31.9 Å². The molecule has 0 bridgehead atoms. The zero-order chi connectivity index (χ0) is 17.1. The van der Waals surface area contributed by atoms with E-state index in [1.54, 1.807) is 0 Å². The van der Waals surface area contributed by atoms with Gasteiger partial charge in [-0.15, -0.1) is 0 Å². The monoisotopic (exact) mass is 331 g/mol. The fraction of sp³-hybridized carbons (Fsp3) is 0.444. The van der Waals surface area contributed by atoms with Gasteiger partial charge in [-0.1, -0.05) is 17.7 Å². The molecule has 2 fully saturated rings. The van der Waals surface area contributed by atoms with Crippen LogP contribution in [-0.2, 0) is 0 Å². The van der Waals surface area contributed by atoms with Crippen molar-refractivity contribution < 1.29 is 13.9 Å². The number of aromatic nitrogens is 2. The van der Waals surface area contributed by atoms with Gasteiger partial charge in [0, 0.05) is 25.9 Å². The zero-order valence-electron chi connectivity index (χ0n) is 13.9. The molecule has 0 spiro atoms. The first-order chi connectivity index (χ1) is 11.5. The smallest absolute Gasteiger partial charge is 0.183 e. The summed E-state index contributed by atoms with van der Waals surface area (Å²) in [6, 6.07) is 8.18. The Bertz CT molecular complexity index is 704. The highest BCUT2D eigenvalue weighted by Crippen LogP contribution is 2.40. The van der Waals surface area contributed by atoms with Crippen LogP contribution in [0.15, 0.2) is 24.3 Å². The van der Waals surface area contributed by atoms with Gasteiger partial charge in [0.1, 0.15) is 11.9 Å². The SMILES string of the molecule is CC(=O)c1n[nH]c(C2CC2)c1F.Cc1ccc(OC2CNC2)cc1. The first-order valence-electron chi connectivity index (χ1n) is 8.23. The third kappa shape index (κ3) is 4.00. The lowest BCUT2D eigenvalue weighted by atomic mass is 10.2. The zero-order valence-corrected chi connectivity index (χ0v) is 13.9. The van der Waals surface area contributed by atoms with Gasteiger partial charge in [0.05, 0.1) is 5.69 Å². The molecule has 128 valence electrons. The van der Waals surface area contributed by atoms with Gasteiger partial charge in [0.25, 0.3) is 0 Å². The maximum absolute atomic E-state index is 13.3. The highest BCUT2D eigenvalue weighted by molar-refractivity contribution is 5.92. The summed E-state index contributed by atoms with van der Waals surface area (Å²) in [7, 11) is 0. The van der Waals surface area contributed by atoms with Gasteiger partial charge in [0.2, 0.25) is 0 Å². The summed E-state index contributed by atoms with van der Waals surface area (Å²) < 4.78 is 18.9. The summed E-state index contributed by atoms with van der Waals surface area (Å²) in [5.74, 6) is 0.471. The molecule has 1 saturated carbocycles. The van der Waals surface area contributed by atoms with Crippen LogP contribution in [0.4, 0.5) is 4.39 Å². The number of nitrogens with one attached hydrogen (secondary N) is 2. The Morgan fingerprint density at radius 2 is 1.92 bits per heavy atom. The van der Waals surface area contributed by atoms with Crippen LogP contribution in [0.25, 0.3) is 0 Å². The predicted molar refractivity (Wildman–Crippen MR) is 89.0 cm³/mol. The van der Waals surface area contributed by atoms with Gasteiger partial charge in [0.15, 0.2) is 17.3 Å². The number of nitrogens with zero attached hydrogens (tertiary/aromatic N) is 1. The number of halogens is 1. The summed E-state index contributed by atoms with van der Waals surface area (Å²) >= 11 is 0. The number of hydrogen-bond acceptors (Lipinski definition) is 4. The minimum atomic E-state index is -0.454. The Balaban J connectivity index is 0.000000141. The third-order valence-electron chi connectivity index (χ3n) is 4.12. The number of rotatable bonds is 4. The maximum Gasteiger partial charge on any atom is 0.183 e. The molecule has 1 saturated heterocycles. The molecule has 1 aromatic carbocycles. The van der Waals surface area contributed by atoms with Crippen molar-refractivity contribution >= 4 is 5.78 Å². The summed E-state index contributed by atoms with van der Waals surface area (Å²) in [4.78, 5) is 10.8. The van der Waals surface area contributed by atoms with Gasteiger partial charge >= 0.3 is 0 Å². The molecule has 0 unspecified atom stereocenters. The number of H-pyrrole nitrogens is 1. The Morgan fingerprint density at radius 3 is 2.38 bits per heavy atom. The molecule has 0 amide bonds. The topological polar surface area (TPSA) is 67.0 Å². The van der Waals surface area contributed by atoms with Crippen molar-refractivity contribution in [3.8, 4) is 5.75 Å². The summed E-state index contributed by atoms with van der Waals surface area (Å²) in [6.07, 6.45) is 2.38. The molecule has 2 heterocycles. The number of carbonyl (C=O) groups is 1. The minimum Gasteiger partial charge on any atom is -0.488 e. The standard InChI is InChI=1S/C10H13NO.C8H9FN2O/c1-8-2-4-9(5-3-8)12-10-6-11-7-10;1-4(12)7-6(9)8(11-10-7)5-2-3-5/h2-5,10-11H,6-7H2,1H3;5H,2-3H2,1H3,(H,10,11). The molecule has 24 heavy (non-hydrogen) atoms. The van der Waals surface area contributed by atoms with Crippen LogP contribution in [-0.4, -0.2) is 35.2 Å². The molecule has 0 atom stereocenters. The number of carbonyl (C=O) groups excluding carboxylic acids is 1. The molecule has 1 aromatic heterocycles.